The first-order chi connectivity index (χ1) is 15.4. The van der Waals surface area contributed by atoms with Crippen LogP contribution in [0, 0.1) is 13.8 Å². The minimum Gasteiger partial charge on any atom is -0.454 e. The van der Waals surface area contributed by atoms with Crippen LogP contribution in [-0.4, -0.2) is 32.6 Å². The molecule has 3 aromatic rings. The van der Waals surface area contributed by atoms with E-state index in [0.717, 1.165) is 12.8 Å². The Balaban J connectivity index is 1.28. The summed E-state index contributed by atoms with van der Waals surface area (Å²) in [6.45, 7) is 5.46. The van der Waals surface area contributed by atoms with E-state index in [-0.39, 0.29) is 11.7 Å². The smallest absolute Gasteiger partial charge is 0.243 e. The first-order valence-electron chi connectivity index (χ1n) is 11.0. The first-order valence-corrected chi connectivity index (χ1v) is 12.4. The van der Waals surface area contributed by atoms with Gasteiger partial charge in [-0.3, -0.25) is 0 Å². The van der Waals surface area contributed by atoms with Crippen LogP contribution in [0.1, 0.15) is 35.4 Å². The molecule has 5 rings (SSSR count). The van der Waals surface area contributed by atoms with Gasteiger partial charge in [-0.2, -0.15) is 4.31 Å². The Morgan fingerprint density at radius 1 is 0.875 bits per heavy atom. The zero-order valence-corrected chi connectivity index (χ0v) is 19.2. The number of fused-ring (bicyclic) bond motifs is 1. The van der Waals surface area contributed by atoms with E-state index in [1.54, 1.807) is 22.5 Å². The molecule has 0 unspecified atom stereocenters. The van der Waals surface area contributed by atoms with Crippen LogP contribution < -0.4 is 9.47 Å². The van der Waals surface area contributed by atoms with E-state index in [2.05, 4.69) is 56.3 Å². The largest absolute Gasteiger partial charge is 0.454 e. The number of sulfonamides is 1. The molecular formula is C26H27NO4S. The Morgan fingerprint density at radius 2 is 1.59 bits per heavy atom. The highest BCUT2D eigenvalue weighted by atomic mass is 32.2. The third kappa shape index (κ3) is 3.78. The van der Waals surface area contributed by atoms with Gasteiger partial charge in [0.05, 0.1) is 4.90 Å². The molecule has 0 amide bonds. The van der Waals surface area contributed by atoms with Crippen LogP contribution >= 0.6 is 0 Å². The lowest BCUT2D eigenvalue weighted by Gasteiger charge is -2.31. The van der Waals surface area contributed by atoms with E-state index < -0.39 is 10.0 Å². The minimum atomic E-state index is -3.54. The van der Waals surface area contributed by atoms with Crippen LogP contribution in [0.4, 0.5) is 0 Å². The zero-order chi connectivity index (χ0) is 22.3. The van der Waals surface area contributed by atoms with Gasteiger partial charge in [-0.05, 0) is 72.6 Å². The molecule has 0 atom stereocenters. The van der Waals surface area contributed by atoms with Gasteiger partial charge in [-0.15, -0.1) is 0 Å². The molecule has 3 aromatic carbocycles. The first kappa shape index (κ1) is 21.0. The second kappa shape index (κ2) is 8.26. The van der Waals surface area contributed by atoms with Crippen molar-refractivity contribution in [2.75, 3.05) is 19.9 Å². The SMILES string of the molecule is Cc1cccc(-c2ccc(C3CCN(S(=O)(=O)c4ccc5c(c4)OCO5)CC3)cc2)c1C. The number of hydrogen-bond donors (Lipinski definition) is 0. The summed E-state index contributed by atoms with van der Waals surface area (Å²) in [5.41, 5.74) is 6.36. The summed E-state index contributed by atoms with van der Waals surface area (Å²) >= 11 is 0. The molecule has 166 valence electrons. The van der Waals surface area contributed by atoms with Crippen LogP contribution in [0.2, 0.25) is 0 Å². The van der Waals surface area contributed by atoms with Crippen molar-refractivity contribution < 1.29 is 17.9 Å². The molecule has 32 heavy (non-hydrogen) atoms. The van der Waals surface area contributed by atoms with Crippen molar-refractivity contribution in [1.82, 2.24) is 4.31 Å². The molecular weight excluding hydrogens is 422 g/mol. The standard InChI is InChI=1S/C26H27NO4S/c1-18-4-3-5-24(19(18)2)22-8-6-20(7-9-22)21-12-14-27(15-13-21)32(28,29)23-10-11-25-26(16-23)31-17-30-25/h3-11,16,21H,12-15,17H2,1-2H3. The van der Waals surface area contributed by atoms with Crippen molar-refractivity contribution >= 4 is 10.0 Å². The zero-order valence-electron chi connectivity index (χ0n) is 18.4. The third-order valence-electron chi connectivity index (χ3n) is 6.73. The molecule has 6 heteroatoms. The molecule has 1 fully saturated rings. The maximum Gasteiger partial charge on any atom is 0.243 e. The number of aryl methyl sites for hydroxylation is 1. The monoisotopic (exact) mass is 449 g/mol. The molecule has 0 aromatic heterocycles. The Morgan fingerprint density at radius 3 is 2.34 bits per heavy atom. The number of rotatable bonds is 4. The van der Waals surface area contributed by atoms with Crippen molar-refractivity contribution in [3.63, 3.8) is 0 Å². The number of hydrogen-bond acceptors (Lipinski definition) is 4. The van der Waals surface area contributed by atoms with E-state index in [4.69, 9.17) is 9.47 Å². The van der Waals surface area contributed by atoms with E-state index in [0.29, 0.717) is 30.5 Å². The minimum absolute atomic E-state index is 0.131. The van der Waals surface area contributed by atoms with E-state index in [9.17, 15) is 8.42 Å². The van der Waals surface area contributed by atoms with Crippen molar-refractivity contribution in [2.45, 2.75) is 37.5 Å². The van der Waals surface area contributed by atoms with Crippen molar-refractivity contribution in [1.29, 1.82) is 0 Å². The molecule has 0 saturated carbocycles. The third-order valence-corrected chi connectivity index (χ3v) is 8.63. The Bertz CT molecular complexity index is 1240. The fraction of sp³-hybridized carbons (Fsp3) is 0.308. The molecule has 0 bridgehead atoms. The predicted molar refractivity (Wildman–Crippen MR) is 125 cm³/mol. The second-order valence-corrected chi connectivity index (χ2v) is 10.5. The Hall–Kier alpha value is -2.83. The van der Waals surface area contributed by atoms with Gasteiger partial charge in [0.15, 0.2) is 11.5 Å². The van der Waals surface area contributed by atoms with Crippen LogP contribution in [0.25, 0.3) is 11.1 Å². The molecule has 2 heterocycles. The van der Waals surface area contributed by atoms with Gasteiger partial charge >= 0.3 is 0 Å². The number of nitrogens with zero attached hydrogens (tertiary/aromatic N) is 1. The molecule has 0 aliphatic carbocycles. The van der Waals surface area contributed by atoms with Crippen molar-refractivity contribution in [3.8, 4) is 22.6 Å². The predicted octanol–water partition coefficient (Wildman–Crippen LogP) is 5.27. The lowest BCUT2D eigenvalue weighted by atomic mass is 9.88. The van der Waals surface area contributed by atoms with E-state index in [1.165, 1.54) is 27.8 Å². The van der Waals surface area contributed by atoms with Crippen LogP contribution in [-0.2, 0) is 10.0 Å². The Labute approximate surface area is 189 Å². The quantitative estimate of drug-likeness (QED) is 0.545. The number of benzene rings is 3. The van der Waals surface area contributed by atoms with Crippen LogP contribution in [0.3, 0.4) is 0 Å². The molecule has 5 nitrogen and oxygen atoms in total. The maximum absolute atomic E-state index is 13.1. The average Bonchev–Trinajstić information content (AvgIpc) is 3.29. The van der Waals surface area contributed by atoms with E-state index in [1.807, 2.05) is 0 Å². The summed E-state index contributed by atoms with van der Waals surface area (Å²) in [5, 5.41) is 0. The Kier molecular flexibility index (Phi) is 5.43. The van der Waals surface area contributed by atoms with E-state index >= 15 is 0 Å². The van der Waals surface area contributed by atoms with Crippen molar-refractivity contribution in [3.05, 3.63) is 77.4 Å². The summed E-state index contributed by atoms with van der Waals surface area (Å²) in [4.78, 5) is 0.262. The number of ether oxygens (including phenoxy) is 2. The fourth-order valence-corrected chi connectivity index (χ4v) is 6.10. The second-order valence-electron chi connectivity index (χ2n) is 8.56. The lowest BCUT2D eigenvalue weighted by Crippen LogP contribution is -2.37. The molecule has 2 aliphatic heterocycles. The highest BCUT2D eigenvalue weighted by molar-refractivity contribution is 7.89. The van der Waals surface area contributed by atoms with Gasteiger partial charge in [-0.25, -0.2) is 8.42 Å². The maximum atomic E-state index is 13.1. The van der Waals surface area contributed by atoms with Gasteiger partial charge in [0.2, 0.25) is 16.8 Å². The molecule has 0 radical (unpaired) electrons. The average molecular weight is 450 g/mol. The highest BCUT2D eigenvalue weighted by Crippen LogP contribution is 2.37. The molecule has 1 saturated heterocycles. The van der Waals surface area contributed by atoms with Gasteiger partial charge in [0.1, 0.15) is 0 Å². The van der Waals surface area contributed by atoms with Gasteiger partial charge < -0.3 is 9.47 Å². The molecule has 2 aliphatic rings. The van der Waals surface area contributed by atoms with Gasteiger partial charge in [-0.1, -0.05) is 42.5 Å². The van der Waals surface area contributed by atoms with Crippen LogP contribution in [0.15, 0.2) is 65.6 Å². The van der Waals surface area contributed by atoms with Crippen LogP contribution in [0.5, 0.6) is 11.5 Å². The van der Waals surface area contributed by atoms with Gasteiger partial charge in [0.25, 0.3) is 0 Å². The normalized spacial score (nSPS) is 16.9. The fourth-order valence-electron chi connectivity index (χ4n) is 4.61. The van der Waals surface area contributed by atoms with Gasteiger partial charge in [0, 0.05) is 19.2 Å². The highest BCUT2D eigenvalue weighted by Gasteiger charge is 2.31. The molecule has 0 N–H and O–H groups in total. The molecule has 0 spiro atoms. The summed E-state index contributed by atoms with van der Waals surface area (Å²) in [6, 6.07) is 20.0. The topological polar surface area (TPSA) is 55.8 Å². The summed E-state index contributed by atoms with van der Waals surface area (Å²) in [6.07, 6.45) is 1.62. The number of piperidine rings is 1. The van der Waals surface area contributed by atoms with Crippen molar-refractivity contribution in [2.24, 2.45) is 0 Å². The summed E-state index contributed by atoms with van der Waals surface area (Å²) in [7, 11) is -3.54. The lowest BCUT2D eigenvalue weighted by molar-refractivity contribution is 0.174. The summed E-state index contributed by atoms with van der Waals surface area (Å²) in [5.74, 6) is 1.45. The summed E-state index contributed by atoms with van der Waals surface area (Å²) < 4.78 is 38.5.